The van der Waals surface area contributed by atoms with E-state index in [1.807, 2.05) is 6.92 Å². The Balaban J connectivity index is 2.13. The molecule has 1 unspecified atom stereocenters. The number of oxazole rings is 1. The van der Waals surface area contributed by atoms with Crippen molar-refractivity contribution in [2.24, 2.45) is 5.41 Å². The van der Waals surface area contributed by atoms with Crippen molar-refractivity contribution in [3.63, 3.8) is 0 Å². The third kappa shape index (κ3) is 2.03. The van der Waals surface area contributed by atoms with Crippen molar-refractivity contribution >= 4 is 17.9 Å². The van der Waals surface area contributed by atoms with Crippen LogP contribution in [0.25, 0.3) is 0 Å². The molecule has 1 aromatic rings. The normalized spacial score (nSPS) is 23.1. The predicted octanol–water partition coefficient (Wildman–Crippen LogP) is 0.335. The monoisotopic (exact) mass is 253 g/mol. The Bertz CT molecular complexity index is 484. The summed E-state index contributed by atoms with van der Waals surface area (Å²) in [7, 11) is 1.60. The number of carboxylic acids is 1. The summed E-state index contributed by atoms with van der Waals surface area (Å²) in [5, 5.41) is 11.4. The van der Waals surface area contributed by atoms with E-state index in [9.17, 15) is 9.59 Å². The second-order valence-corrected chi connectivity index (χ2v) is 4.63. The van der Waals surface area contributed by atoms with Crippen LogP contribution in [0, 0.1) is 5.41 Å². The third-order valence-corrected chi connectivity index (χ3v) is 3.23. The Kier molecular flexibility index (Phi) is 2.98. The van der Waals surface area contributed by atoms with E-state index in [2.05, 4.69) is 10.3 Å². The first-order chi connectivity index (χ1) is 8.46. The van der Waals surface area contributed by atoms with Gasteiger partial charge in [-0.25, -0.2) is 4.79 Å². The topological polar surface area (TPSA) is 95.7 Å². The van der Waals surface area contributed by atoms with Crippen LogP contribution in [0.2, 0.25) is 0 Å². The van der Waals surface area contributed by atoms with Crippen LogP contribution in [-0.4, -0.2) is 42.1 Å². The van der Waals surface area contributed by atoms with Crippen molar-refractivity contribution in [3.05, 3.63) is 12.0 Å². The summed E-state index contributed by atoms with van der Waals surface area (Å²) in [5.41, 5.74) is -0.620. The number of rotatable bonds is 3. The number of nitrogens with one attached hydrogen (secondary N) is 1. The number of nitrogens with zero attached hydrogens (tertiary/aromatic N) is 2. The van der Waals surface area contributed by atoms with Gasteiger partial charge in [0.15, 0.2) is 5.69 Å². The minimum Gasteiger partial charge on any atom is -0.476 e. The number of hydrogen-bond donors (Lipinski definition) is 2. The van der Waals surface area contributed by atoms with Crippen molar-refractivity contribution in [1.82, 2.24) is 10.3 Å². The van der Waals surface area contributed by atoms with E-state index in [1.165, 1.54) is 0 Å². The maximum Gasteiger partial charge on any atom is 0.357 e. The van der Waals surface area contributed by atoms with Crippen LogP contribution >= 0.6 is 0 Å². The molecule has 0 saturated carbocycles. The van der Waals surface area contributed by atoms with Gasteiger partial charge in [-0.1, -0.05) is 0 Å². The van der Waals surface area contributed by atoms with E-state index in [4.69, 9.17) is 9.52 Å². The van der Waals surface area contributed by atoms with Gasteiger partial charge in [0.25, 0.3) is 6.01 Å². The van der Waals surface area contributed by atoms with E-state index in [1.54, 1.807) is 11.9 Å². The number of hydrogen-bond acceptors (Lipinski definition) is 5. The average Bonchev–Trinajstić information content (AvgIpc) is 2.95. The Morgan fingerprint density at radius 2 is 2.33 bits per heavy atom. The fourth-order valence-corrected chi connectivity index (χ4v) is 2.12. The molecular formula is C11H15N3O4. The van der Waals surface area contributed by atoms with Crippen LogP contribution in [0.5, 0.6) is 0 Å². The summed E-state index contributed by atoms with van der Waals surface area (Å²) >= 11 is 0. The lowest BCUT2D eigenvalue weighted by atomic mass is 9.89. The number of anilines is 1. The molecule has 7 heteroatoms. The van der Waals surface area contributed by atoms with Gasteiger partial charge in [-0.15, -0.1) is 0 Å². The van der Waals surface area contributed by atoms with E-state index < -0.39 is 11.4 Å². The molecule has 1 aliphatic heterocycles. The summed E-state index contributed by atoms with van der Waals surface area (Å²) < 4.78 is 5.12. The van der Waals surface area contributed by atoms with Crippen LogP contribution in [0.1, 0.15) is 23.8 Å². The maximum absolute atomic E-state index is 11.7. The van der Waals surface area contributed by atoms with Gasteiger partial charge in [-0.05, 0) is 13.3 Å². The molecule has 1 aromatic heterocycles. The molecule has 1 saturated heterocycles. The van der Waals surface area contributed by atoms with Crippen LogP contribution in [0.15, 0.2) is 10.7 Å². The number of aromatic carboxylic acids is 1. The van der Waals surface area contributed by atoms with Crippen molar-refractivity contribution in [2.75, 3.05) is 25.0 Å². The number of carboxylic acid groups (broad SMARTS) is 1. The predicted molar refractivity (Wildman–Crippen MR) is 62.5 cm³/mol. The standard InChI is InChI=1S/C11H15N3O4/c1-11(9(17)12-2)3-4-14(6-11)10-13-7(5-18-10)8(15)16/h5H,3-4,6H2,1-2H3,(H,12,17)(H,15,16). The molecule has 0 radical (unpaired) electrons. The minimum atomic E-state index is -1.13. The maximum atomic E-state index is 11.7. The molecule has 1 aliphatic rings. The molecule has 0 aliphatic carbocycles. The first kappa shape index (κ1) is 12.4. The average molecular weight is 253 g/mol. The van der Waals surface area contributed by atoms with Crippen molar-refractivity contribution in [2.45, 2.75) is 13.3 Å². The molecule has 18 heavy (non-hydrogen) atoms. The number of carbonyl (C=O) groups is 2. The summed E-state index contributed by atoms with van der Waals surface area (Å²) in [4.78, 5) is 28.1. The Labute approximate surface area is 104 Å². The molecule has 2 rings (SSSR count). The summed E-state index contributed by atoms with van der Waals surface area (Å²) in [6, 6.07) is 0.250. The molecule has 0 bridgehead atoms. The van der Waals surface area contributed by atoms with Gasteiger partial charge in [0.05, 0.1) is 5.41 Å². The van der Waals surface area contributed by atoms with Gasteiger partial charge in [0.1, 0.15) is 6.26 Å². The second kappa shape index (κ2) is 4.32. The van der Waals surface area contributed by atoms with Crippen LogP contribution in [-0.2, 0) is 4.79 Å². The van der Waals surface area contributed by atoms with Gasteiger partial charge in [-0.3, -0.25) is 4.79 Å². The van der Waals surface area contributed by atoms with Crippen LogP contribution < -0.4 is 10.2 Å². The van der Waals surface area contributed by atoms with Crippen molar-refractivity contribution < 1.29 is 19.1 Å². The van der Waals surface area contributed by atoms with E-state index >= 15 is 0 Å². The largest absolute Gasteiger partial charge is 0.476 e. The number of aromatic nitrogens is 1. The van der Waals surface area contributed by atoms with Gasteiger partial charge < -0.3 is 19.7 Å². The van der Waals surface area contributed by atoms with Crippen LogP contribution in [0.4, 0.5) is 6.01 Å². The third-order valence-electron chi connectivity index (χ3n) is 3.23. The van der Waals surface area contributed by atoms with Crippen molar-refractivity contribution in [1.29, 1.82) is 0 Å². The highest BCUT2D eigenvalue weighted by molar-refractivity contribution is 5.85. The lowest BCUT2D eigenvalue weighted by Crippen LogP contribution is -2.39. The van der Waals surface area contributed by atoms with Gasteiger partial charge in [0, 0.05) is 20.1 Å². The summed E-state index contributed by atoms with van der Waals surface area (Å²) in [6.07, 6.45) is 1.78. The van der Waals surface area contributed by atoms with Gasteiger partial charge in [-0.2, -0.15) is 4.98 Å². The lowest BCUT2D eigenvalue weighted by molar-refractivity contribution is -0.128. The first-order valence-electron chi connectivity index (χ1n) is 5.62. The number of carbonyl (C=O) groups excluding carboxylic acids is 1. The zero-order valence-electron chi connectivity index (χ0n) is 10.3. The lowest BCUT2D eigenvalue weighted by Gasteiger charge is -2.21. The second-order valence-electron chi connectivity index (χ2n) is 4.63. The Hall–Kier alpha value is -2.05. The molecule has 1 amide bonds. The van der Waals surface area contributed by atoms with E-state index in [-0.39, 0.29) is 17.6 Å². The summed E-state index contributed by atoms with van der Waals surface area (Å²) in [5.74, 6) is -1.16. The molecule has 0 spiro atoms. The molecule has 7 nitrogen and oxygen atoms in total. The number of amides is 1. The Morgan fingerprint density at radius 1 is 1.61 bits per heavy atom. The molecule has 2 heterocycles. The zero-order valence-corrected chi connectivity index (χ0v) is 10.3. The molecule has 0 aromatic carbocycles. The molecule has 1 atom stereocenters. The molecule has 2 N–H and O–H groups in total. The van der Waals surface area contributed by atoms with E-state index in [0.29, 0.717) is 19.5 Å². The minimum absolute atomic E-state index is 0.0324. The van der Waals surface area contributed by atoms with Crippen molar-refractivity contribution in [3.8, 4) is 0 Å². The highest BCUT2D eigenvalue weighted by atomic mass is 16.4. The fourth-order valence-electron chi connectivity index (χ4n) is 2.12. The molecule has 98 valence electrons. The fraction of sp³-hybridized carbons (Fsp3) is 0.545. The van der Waals surface area contributed by atoms with Gasteiger partial charge >= 0.3 is 5.97 Å². The highest BCUT2D eigenvalue weighted by Gasteiger charge is 2.41. The molecular weight excluding hydrogens is 238 g/mol. The Morgan fingerprint density at radius 3 is 2.89 bits per heavy atom. The molecule has 1 fully saturated rings. The SMILES string of the molecule is CNC(=O)C1(C)CCN(c2nc(C(=O)O)co2)C1. The zero-order chi connectivity index (χ0) is 13.3. The first-order valence-corrected chi connectivity index (χ1v) is 5.62. The smallest absolute Gasteiger partial charge is 0.357 e. The summed E-state index contributed by atoms with van der Waals surface area (Å²) in [6.45, 7) is 2.95. The quantitative estimate of drug-likeness (QED) is 0.806. The van der Waals surface area contributed by atoms with E-state index in [0.717, 1.165) is 6.26 Å². The van der Waals surface area contributed by atoms with Crippen LogP contribution in [0.3, 0.4) is 0 Å². The highest BCUT2D eigenvalue weighted by Crippen LogP contribution is 2.32. The van der Waals surface area contributed by atoms with Gasteiger partial charge in [0.2, 0.25) is 5.91 Å².